The van der Waals surface area contributed by atoms with Crippen molar-refractivity contribution in [3.63, 3.8) is 0 Å². The van der Waals surface area contributed by atoms with E-state index in [1.807, 2.05) is 4.90 Å². The minimum Gasteiger partial charge on any atom is -0.368 e. The van der Waals surface area contributed by atoms with Gasteiger partial charge in [0.05, 0.1) is 0 Å². The number of hydrogen-bond acceptors (Lipinski definition) is 3. The average molecular weight is 212 g/mol. The smallest absolute Gasteiger partial charge is 0.251 e. The molecule has 0 unspecified atom stereocenters. The van der Waals surface area contributed by atoms with E-state index in [2.05, 4.69) is 0 Å². The van der Waals surface area contributed by atoms with Gasteiger partial charge in [-0.05, 0) is 38.1 Å². The van der Waals surface area contributed by atoms with Crippen molar-refractivity contribution in [2.75, 3.05) is 26.2 Å². The highest BCUT2D eigenvalue weighted by atomic mass is 16.5. The van der Waals surface area contributed by atoms with Crippen molar-refractivity contribution >= 4 is 5.91 Å². The second-order valence-electron chi connectivity index (χ2n) is 4.53. The molecule has 0 saturated carbocycles. The molecule has 2 N–H and O–H groups in total. The van der Waals surface area contributed by atoms with Gasteiger partial charge in [-0.1, -0.05) is 0 Å². The predicted octanol–water partition coefficient (Wildman–Crippen LogP) is 0.363. The first-order chi connectivity index (χ1) is 7.31. The monoisotopic (exact) mass is 212 g/mol. The first-order valence-electron chi connectivity index (χ1n) is 5.91. The van der Waals surface area contributed by atoms with E-state index in [1.54, 1.807) is 0 Å². The van der Waals surface area contributed by atoms with E-state index in [1.165, 1.54) is 0 Å². The SMILES string of the molecule is NC[C@@H]1CCCN(C(=O)[C@H]2CCCO2)C1. The third kappa shape index (κ3) is 2.49. The van der Waals surface area contributed by atoms with Gasteiger partial charge < -0.3 is 15.4 Å². The van der Waals surface area contributed by atoms with E-state index >= 15 is 0 Å². The number of ether oxygens (including phenoxy) is 1. The quantitative estimate of drug-likeness (QED) is 0.719. The van der Waals surface area contributed by atoms with Crippen LogP contribution in [0.2, 0.25) is 0 Å². The van der Waals surface area contributed by atoms with Gasteiger partial charge >= 0.3 is 0 Å². The lowest BCUT2D eigenvalue weighted by atomic mass is 9.98. The molecule has 0 spiro atoms. The van der Waals surface area contributed by atoms with Gasteiger partial charge in [-0.25, -0.2) is 0 Å². The van der Waals surface area contributed by atoms with E-state index < -0.39 is 0 Å². The molecule has 0 aliphatic carbocycles. The van der Waals surface area contributed by atoms with Crippen LogP contribution in [0.15, 0.2) is 0 Å². The van der Waals surface area contributed by atoms with Crippen molar-refractivity contribution in [3.05, 3.63) is 0 Å². The van der Waals surface area contributed by atoms with Crippen molar-refractivity contribution < 1.29 is 9.53 Å². The summed E-state index contributed by atoms with van der Waals surface area (Å²) in [4.78, 5) is 14.0. The lowest BCUT2D eigenvalue weighted by Gasteiger charge is -2.33. The maximum atomic E-state index is 12.0. The van der Waals surface area contributed by atoms with Crippen molar-refractivity contribution in [2.24, 2.45) is 11.7 Å². The standard InChI is InChI=1S/C11H20N2O2/c12-7-9-3-1-5-13(8-9)11(14)10-4-2-6-15-10/h9-10H,1-8,12H2/t9-,10+/m0/s1. The Bertz CT molecular complexity index is 227. The number of hydrogen-bond donors (Lipinski definition) is 1. The van der Waals surface area contributed by atoms with Crippen molar-refractivity contribution in [2.45, 2.75) is 31.8 Å². The van der Waals surface area contributed by atoms with Crippen molar-refractivity contribution in [1.82, 2.24) is 4.90 Å². The summed E-state index contributed by atoms with van der Waals surface area (Å²) in [5, 5.41) is 0. The fourth-order valence-electron chi connectivity index (χ4n) is 2.43. The molecule has 1 amide bonds. The molecule has 0 aromatic carbocycles. The minimum atomic E-state index is -0.165. The zero-order valence-electron chi connectivity index (χ0n) is 9.15. The summed E-state index contributed by atoms with van der Waals surface area (Å²) in [5.74, 6) is 0.676. The lowest BCUT2D eigenvalue weighted by Crippen LogP contribution is -2.46. The van der Waals surface area contributed by atoms with Gasteiger partial charge in [-0.15, -0.1) is 0 Å². The highest BCUT2D eigenvalue weighted by molar-refractivity contribution is 5.81. The number of likely N-dealkylation sites (tertiary alicyclic amines) is 1. The number of nitrogens with zero attached hydrogens (tertiary/aromatic N) is 1. The number of rotatable bonds is 2. The molecule has 2 atom stereocenters. The summed E-state index contributed by atoms with van der Waals surface area (Å²) < 4.78 is 5.41. The van der Waals surface area contributed by atoms with E-state index in [9.17, 15) is 4.79 Å². The van der Waals surface area contributed by atoms with Gasteiger partial charge in [-0.3, -0.25) is 4.79 Å². The molecule has 2 saturated heterocycles. The third-order valence-electron chi connectivity index (χ3n) is 3.37. The van der Waals surface area contributed by atoms with Crippen molar-refractivity contribution in [1.29, 1.82) is 0 Å². The van der Waals surface area contributed by atoms with Gasteiger partial charge in [-0.2, -0.15) is 0 Å². The Labute approximate surface area is 90.8 Å². The molecule has 0 radical (unpaired) electrons. The normalized spacial score (nSPS) is 31.9. The zero-order chi connectivity index (χ0) is 10.7. The highest BCUT2D eigenvalue weighted by Crippen LogP contribution is 2.20. The molecule has 2 heterocycles. The van der Waals surface area contributed by atoms with E-state index in [0.29, 0.717) is 12.5 Å². The van der Waals surface area contributed by atoms with E-state index in [-0.39, 0.29) is 12.0 Å². The van der Waals surface area contributed by atoms with Crippen LogP contribution in [0.4, 0.5) is 0 Å². The first kappa shape index (κ1) is 10.9. The maximum Gasteiger partial charge on any atom is 0.251 e. The summed E-state index contributed by atoms with van der Waals surface area (Å²) in [5.41, 5.74) is 5.65. The molecule has 0 aromatic rings. The number of carbonyl (C=O) groups excluding carboxylic acids is 1. The van der Waals surface area contributed by atoms with Gasteiger partial charge in [0.1, 0.15) is 6.10 Å². The minimum absolute atomic E-state index is 0.165. The van der Waals surface area contributed by atoms with Crippen LogP contribution in [0.1, 0.15) is 25.7 Å². The molecule has 15 heavy (non-hydrogen) atoms. The van der Waals surface area contributed by atoms with Crippen LogP contribution >= 0.6 is 0 Å². The number of amides is 1. The molecule has 0 aromatic heterocycles. The molecule has 2 rings (SSSR count). The van der Waals surface area contributed by atoms with Gasteiger partial charge in [0.2, 0.25) is 0 Å². The summed E-state index contributed by atoms with van der Waals surface area (Å²) in [7, 11) is 0. The Morgan fingerprint density at radius 3 is 2.93 bits per heavy atom. The molecule has 4 nitrogen and oxygen atoms in total. The van der Waals surface area contributed by atoms with Crippen LogP contribution in [-0.4, -0.2) is 43.2 Å². The zero-order valence-corrected chi connectivity index (χ0v) is 9.15. The maximum absolute atomic E-state index is 12.0. The number of carbonyl (C=O) groups is 1. The Morgan fingerprint density at radius 2 is 2.27 bits per heavy atom. The average Bonchev–Trinajstić information content (AvgIpc) is 2.81. The van der Waals surface area contributed by atoms with Crippen LogP contribution in [-0.2, 0) is 9.53 Å². The Balaban J connectivity index is 1.88. The fraction of sp³-hybridized carbons (Fsp3) is 0.909. The van der Waals surface area contributed by atoms with E-state index in [4.69, 9.17) is 10.5 Å². The van der Waals surface area contributed by atoms with Gasteiger partial charge in [0.25, 0.3) is 5.91 Å². The first-order valence-corrected chi connectivity index (χ1v) is 5.91. The van der Waals surface area contributed by atoms with Crippen LogP contribution in [0.3, 0.4) is 0 Å². The number of nitrogens with two attached hydrogens (primary N) is 1. The molecular weight excluding hydrogens is 192 g/mol. The lowest BCUT2D eigenvalue weighted by molar-refractivity contribution is -0.142. The van der Waals surface area contributed by atoms with Crippen LogP contribution in [0, 0.1) is 5.92 Å². The van der Waals surface area contributed by atoms with Gasteiger partial charge in [0.15, 0.2) is 0 Å². The van der Waals surface area contributed by atoms with Crippen molar-refractivity contribution in [3.8, 4) is 0 Å². The summed E-state index contributed by atoms with van der Waals surface area (Å²) in [6.45, 7) is 3.14. The topological polar surface area (TPSA) is 55.6 Å². The molecule has 2 aliphatic heterocycles. The summed E-state index contributed by atoms with van der Waals surface area (Å²) in [6.07, 6.45) is 3.99. The second-order valence-corrected chi connectivity index (χ2v) is 4.53. The Morgan fingerprint density at radius 1 is 1.40 bits per heavy atom. The molecule has 4 heteroatoms. The van der Waals surface area contributed by atoms with Crippen LogP contribution in [0.25, 0.3) is 0 Å². The third-order valence-corrected chi connectivity index (χ3v) is 3.37. The second kappa shape index (κ2) is 4.94. The molecule has 86 valence electrons. The molecule has 0 bridgehead atoms. The Kier molecular flexibility index (Phi) is 3.59. The van der Waals surface area contributed by atoms with Crippen LogP contribution in [0.5, 0.6) is 0 Å². The summed E-state index contributed by atoms with van der Waals surface area (Å²) >= 11 is 0. The molecule has 2 aliphatic rings. The fourth-order valence-corrected chi connectivity index (χ4v) is 2.43. The molecular formula is C11H20N2O2. The predicted molar refractivity (Wildman–Crippen MR) is 57.3 cm³/mol. The van der Waals surface area contributed by atoms with Crippen LogP contribution < -0.4 is 5.73 Å². The van der Waals surface area contributed by atoms with Gasteiger partial charge in [0, 0.05) is 19.7 Å². The number of piperidine rings is 1. The largest absolute Gasteiger partial charge is 0.368 e. The summed E-state index contributed by atoms with van der Waals surface area (Å²) in [6, 6.07) is 0. The Hall–Kier alpha value is -0.610. The van der Waals surface area contributed by atoms with E-state index in [0.717, 1.165) is 45.4 Å². The highest BCUT2D eigenvalue weighted by Gasteiger charge is 2.30. The molecule has 2 fully saturated rings.